The highest BCUT2D eigenvalue weighted by Gasteiger charge is 2.20. The molecule has 0 amide bonds. The van der Waals surface area contributed by atoms with Crippen molar-refractivity contribution in [2.45, 2.75) is 20.3 Å². The Balaban J connectivity index is 0.00000196. The van der Waals surface area contributed by atoms with Gasteiger partial charge in [-0.25, -0.2) is 4.79 Å². The zero-order valence-electron chi connectivity index (χ0n) is 8.78. The summed E-state index contributed by atoms with van der Waals surface area (Å²) in [4.78, 5) is 11.5. The van der Waals surface area contributed by atoms with Gasteiger partial charge in [0.1, 0.15) is 5.56 Å². The predicted octanol–water partition coefficient (Wildman–Crippen LogP) is 1.24. The summed E-state index contributed by atoms with van der Waals surface area (Å²) in [6.45, 7) is 4.21. The van der Waals surface area contributed by atoms with E-state index in [2.05, 4.69) is 5.16 Å². The van der Waals surface area contributed by atoms with Gasteiger partial charge in [-0.05, 0) is 20.4 Å². The lowest BCUT2D eigenvalue weighted by atomic mass is 10.1. The van der Waals surface area contributed by atoms with Crippen LogP contribution in [-0.4, -0.2) is 24.3 Å². The highest BCUT2D eigenvalue weighted by atomic mass is 79.9. The Labute approximate surface area is 98.7 Å². The van der Waals surface area contributed by atoms with Crippen LogP contribution in [0.4, 0.5) is 0 Å². The topological polar surface area (TPSA) is 78.3 Å². The third kappa shape index (κ3) is 3.32. The second-order valence-corrected chi connectivity index (χ2v) is 2.83. The van der Waals surface area contributed by atoms with Gasteiger partial charge in [0.2, 0.25) is 0 Å². The molecule has 2 N–H and O–H groups in total. The monoisotopic (exact) mass is 278 g/mol. The number of aromatic nitrogens is 1. The van der Waals surface area contributed by atoms with Gasteiger partial charge in [0.05, 0.1) is 12.3 Å². The fourth-order valence-corrected chi connectivity index (χ4v) is 1.18. The van der Waals surface area contributed by atoms with Gasteiger partial charge in [-0.3, -0.25) is 0 Å². The number of hydrogen-bond donors (Lipinski definition) is 1. The minimum atomic E-state index is -0.394. The molecule has 0 fully saturated rings. The van der Waals surface area contributed by atoms with E-state index in [1.165, 1.54) is 0 Å². The van der Waals surface area contributed by atoms with Crippen LogP contribution in [0.15, 0.2) is 4.52 Å². The minimum absolute atomic E-state index is 0. The predicted molar refractivity (Wildman–Crippen MR) is 60.3 cm³/mol. The highest BCUT2D eigenvalue weighted by molar-refractivity contribution is 8.93. The van der Waals surface area contributed by atoms with Gasteiger partial charge >= 0.3 is 5.97 Å². The van der Waals surface area contributed by atoms with Crippen molar-refractivity contribution in [1.82, 2.24) is 5.16 Å². The summed E-state index contributed by atoms with van der Waals surface area (Å²) >= 11 is 0. The van der Waals surface area contributed by atoms with Crippen LogP contribution in [0.2, 0.25) is 0 Å². The van der Waals surface area contributed by atoms with Gasteiger partial charge in [-0.1, -0.05) is 5.16 Å². The van der Waals surface area contributed by atoms with Gasteiger partial charge < -0.3 is 15.0 Å². The average Bonchev–Trinajstić information content (AvgIpc) is 2.48. The van der Waals surface area contributed by atoms with Crippen LogP contribution < -0.4 is 5.73 Å². The highest BCUT2D eigenvalue weighted by Crippen LogP contribution is 2.15. The molecule has 0 spiro atoms. The maximum Gasteiger partial charge on any atom is 0.343 e. The van der Waals surface area contributed by atoms with Gasteiger partial charge in [0, 0.05) is 6.42 Å². The Bertz CT molecular complexity index is 325. The largest absolute Gasteiger partial charge is 0.462 e. The maximum absolute atomic E-state index is 11.5. The summed E-state index contributed by atoms with van der Waals surface area (Å²) < 4.78 is 9.85. The van der Waals surface area contributed by atoms with Crippen molar-refractivity contribution in [1.29, 1.82) is 0 Å². The smallest absolute Gasteiger partial charge is 0.343 e. The molecule has 15 heavy (non-hydrogen) atoms. The summed E-state index contributed by atoms with van der Waals surface area (Å²) in [5.41, 5.74) is 6.34. The first kappa shape index (κ1) is 14.1. The van der Waals surface area contributed by atoms with E-state index in [4.69, 9.17) is 15.0 Å². The van der Waals surface area contributed by atoms with E-state index in [1.54, 1.807) is 13.8 Å². The maximum atomic E-state index is 11.5. The van der Waals surface area contributed by atoms with Gasteiger partial charge in [0.15, 0.2) is 5.76 Å². The molecule has 0 bridgehead atoms. The molecule has 1 heterocycles. The van der Waals surface area contributed by atoms with E-state index in [9.17, 15) is 4.79 Å². The van der Waals surface area contributed by atoms with Crippen molar-refractivity contribution >= 4 is 23.0 Å². The lowest BCUT2D eigenvalue weighted by Crippen LogP contribution is -2.10. The van der Waals surface area contributed by atoms with Crippen molar-refractivity contribution in [3.8, 4) is 0 Å². The van der Waals surface area contributed by atoms with E-state index >= 15 is 0 Å². The van der Waals surface area contributed by atoms with Crippen LogP contribution in [0.1, 0.15) is 28.7 Å². The molecule has 1 aromatic heterocycles. The number of esters is 1. The normalized spacial score (nSPS) is 9.53. The number of nitrogens with two attached hydrogens (primary N) is 1. The van der Waals surface area contributed by atoms with Crippen LogP contribution in [0.3, 0.4) is 0 Å². The summed E-state index contributed by atoms with van der Waals surface area (Å²) in [6.07, 6.45) is 0.495. The number of ether oxygens (including phenoxy) is 1. The summed E-state index contributed by atoms with van der Waals surface area (Å²) in [7, 11) is 0. The van der Waals surface area contributed by atoms with E-state index < -0.39 is 5.97 Å². The Hall–Kier alpha value is -0.880. The number of carbonyl (C=O) groups is 1. The van der Waals surface area contributed by atoms with Crippen molar-refractivity contribution in [2.75, 3.05) is 13.2 Å². The molecule has 0 atom stereocenters. The first-order chi connectivity index (χ1) is 6.70. The molecule has 0 unspecified atom stereocenters. The van der Waals surface area contributed by atoms with Gasteiger partial charge in [-0.2, -0.15) is 0 Å². The molecule has 0 saturated heterocycles. The first-order valence-electron chi connectivity index (χ1n) is 4.53. The van der Waals surface area contributed by atoms with Gasteiger partial charge in [-0.15, -0.1) is 17.0 Å². The molecule has 5 nitrogen and oxygen atoms in total. The molecule has 6 heteroatoms. The van der Waals surface area contributed by atoms with Crippen LogP contribution in [0.5, 0.6) is 0 Å². The molecule has 0 saturated carbocycles. The molecule has 1 rings (SSSR count). The fourth-order valence-electron chi connectivity index (χ4n) is 1.18. The number of carbonyl (C=O) groups excluding carboxylic acids is 1. The number of nitrogens with zero attached hydrogens (tertiary/aromatic N) is 1. The lowest BCUT2D eigenvalue weighted by Gasteiger charge is -2.00. The Kier molecular flexibility index (Phi) is 6.19. The number of aryl methyl sites for hydroxylation is 1. The van der Waals surface area contributed by atoms with Gasteiger partial charge in [0.25, 0.3) is 0 Å². The van der Waals surface area contributed by atoms with Crippen LogP contribution in [0.25, 0.3) is 0 Å². The van der Waals surface area contributed by atoms with Crippen LogP contribution in [-0.2, 0) is 11.2 Å². The zero-order valence-corrected chi connectivity index (χ0v) is 10.5. The van der Waals surface area contributed by atoms with Crippen molar-refractivity contribution in [3.05, 3.63) is 17.0 Å². The molecule has 0 aliphatic carbocycles. The Morgan fingerprint density at radius 1 is 1.60 bits per heavy atom. The fraction of sp³-hybridized carbons (Fsp3) is 0.556. The molecule has 0 aromatic carbocycles. The molecular formula is C9H15BrN2O3. The van der Waals surface area contributed by atoms with Crippen molar-refractivity contribution in [3.63, 3.8) is 0 Å². The summed E-state index contributed by atoms with van der Waals surface area (Å²) in [5.74, 6) is 0.109. The first-order valence-corrected chi connectivity index (χ1v) is 4.53. The van der Waals surface area contributed by atoms with E-state index in [0.29, 0.717) is 36.6 Å². The molecule has 0 aliphatic rings. The van der Waals surface area contributed by atoms with Crippen LogP contribution >= 0.6 is 17.0 Å². The average molecular weight is 279 g/mol. The molecule has 0 aliphatic heterocycles. The molecular weight excluding hydrogens is 264 g/mol. The summed E-state index contributed by atoms with van der Waals surface area (Å²) in [6, 6.07) is 0. The number of rotatable bonds is 4. The SMILES string of the molecule is Br.CCOC(=O)c1c(C)noc1CCN. The second kappa shape index (κ2) is 6.58. The summed E-state index contributed by atoms with van der Waals surface area (Å²) in [5, 5.41) is 3.71. The zero-order chi connectivity index (χ0) is 10.6. The van der Waals surface area contributed by atoms with Crippen molar-refractivity contribution < 1.29 is 14.1 Å². The van der Waals surface area contributed by atoms with E-state index in [1.807, 2.05) is 0 Å². The van der Waals surface area contributed by atoms with E-state index in [-0.39, 0.29) is 17.0 Å². The van der Waals surface area contributed by atoms with Crippen molar-refractivity contribution in [2.24, 2.45) is 5.73 Å². The third-order valence-electron chi connectivity index (χ3n) is 1.78. The minimum Gasteiger partial charge on any atom is -0.462 e. The Morgan fingerprint density at radius 2 is 2.27 bits per heavy atom. The second-order valence-electron chi connectivity index (χ2n) is 2.83. The standard InChI is InChI=1S/C9H14N2O3.BrH/c1-3-13-9(12)8-6(2)11-14-7(8)4-5-10;/h3-5,10H2,1-2H3;1H. The number of halogens is 1. The molecule has 1 aromatic rings. The lowest BCUT2D eigenvalue weighted by molar-refractivity contribution is 0.0523. The Morgan fingerprint density at radius 3 is 2.80 bits per heavy atom. The van der Waals surface area contributed by atoms with Crippen LogP contribution in [0, 0.1) is 6.92 Å². The molecule has 86 valence electrons. The molecule has 0 radical (unpaired) electrons. The third-order valence-corrected chi connectivity index (χ3v) is 1.78. The quantitative estimate of drug-likeness (QED) is 0.839. The number of hydrogen-bond acceptors (Lipinski definition) is 5. The van der Waals surface area contributed by atoms with E-state index in [0.717, 1.165) is 0 Å².